The van der Waals surface area contributed by atoms with E-state index in [4.69, 9.17) is 80.5 Å². The van der Waals surface area contributed by atoms with Gasteiger partial charge >= 0.3 is 0 Å². The van der Waals surface area contributed by atoms with Gasteiger partial charge in [-0.2, -0.15) is 0 Å². The van der Waals surface area contributed by atoms with Crippen molar-refractivity contribution in [1.29, 1.82) is 0 Å². The number of rotatable bonds is 25. The van der Waals surface area contributed by atoms with Crippen molar-refractivity contribution in [2.75, 3.05) is 39.6 Å². The molecular formula is C60H101N3O43. The van der Waals surface area contributed by atoms with Gasteiger partial charge < -0.3 is 214 Å². The Morgan fingerprint density at radius 3 is 0.774 bits per heavy atom. The lowest BCUT2D eigenvalue weighted by Gasteiger charge is -2.53. The zero-order valence-corrected chi connectivity index (χ0v) is 57.7. The molecule has 0 saturated carbocycles. The van der Waals surface area contributed by atoms with E-state index in [1.807, 2.05) is 0 Å². The van der Waals surface area contributed by atoms with Crippen LogP contribution in [0, 0.1) is 0 Å². The molecule has 0 aromatic rings. The summed E-state index contributed by atoms with van der Waals surface area (Å²) in [5.41, 5.74) is 0. The number of amides is 3. The quantitative estimate of drug-likeness (QED) is 0.0404. The third-order valence-electron chi connectivity index (χ3n) is 19.9. The third kappa shape index (κ3) is 18.5. The minimum Gasteiger partial charge on any atom is -0.394 e. The number of ether oxygens (including phenoxy) is 17. The molecule has 9 rings (SSSR count). The standard InChI is InChI=1S/C60H101N3O43/c1-13-28(73)34(79)38(83)55(90-13)102-47-25(61-16(4)70)52(89)93-22(10-67)44(47)100-59-42(87)50(32(77)20(8-65)95-59)105-54-27(63-18(6)72)49(104-57-40(85)36(81)30(75)15(3)92-57)46(24(12-69)98-54)101-60-43(88)51(33(78)21(9-66)96-60)106-53-26(62-17(5)71)48(103-56-39(84)35(80)29(74)14(2)91-56)45(23(11-68)97-53)99-58-41(86)37(82)31(76)19(7-64)94-58/h13-15,19-60,64-69,73-89H,7-12H2,1-6H3,(H,61,70)(H,62,71)(H,63,72). The smallest absolute Gasteiger partial charge is 0.217 e. The molecule has 9 fully saturated rings. The van der Waals surface area contributed by atoms with Gasteiger partial charge in [0.25, 0.3) is 0 Å². The van der Waals surface area contributed by atoms with Gasteiger partial charge in [0, 0.05) is 20.8 Å². The highest BCUT2D eigenvalue weighted by Crippen LogP contribution is 2.41. The first-order valence-corrected chi connectivity index (χ1v) is 34.2. The molecule has 9 saturated heterocycles. The lowest BCUT2D eigenvalue weighted by Crippen LogP contribution is -2.72. The molecule has 46 heteroatoms. The van der Waals surface area contributed by atoms with E-state index in [9.17, 15) is 132 Å². The number of aliphatic hydroxyl groups is 23. The highest BCUT2D eigenvalue weighted by atomic mass is 16.8. The molecule has 0 aromatic carbocycles. The highest BCUT2D eigenvalue weighted by molar-refractivity contribution is 5.74. The fourth-order valence-electron chi connectivity index (χ4n) is 14.0. The molecule has 0 aromatic heterocycles. The Morgan fingerprint density at radius 1 is 0.245 bits per heavy atom. The summed E-state index contributed by atoms with van der Waals surface area (Å²) >= 11 is 0. The Morgan fingerprint density at radius 2 is 0.472 bits per heavy atom. The highest BCUT2D eigenvalue weighted by Gasteiger charge is 2.62. The first-order valence-electron chi connectivity index (χ1n) is 34.2. The van der Waals surface area contributed by atoms with E-state index in [1.165, 1.54) is 20.8 Å². The molecule has 26 N–H and O–H groups in total. The molecule has 9 aliphatic heterocycles. The minimum absolute atomic E-state index is 0.832. The molecule has 106 heavy (non-hydrogen) atoms. The van der Waals surface area contributed by atoms with Crippen molar-refractivity contribution in [2.24, 2.45) is 0 Å². The maximum Gasteiger partial charge on any atom is 0.217 e. The predicted octanol–water partition coefficient (Wildman–Crippen LogP) is -17.1. The SMILES string of the molecule is CC(=O)NC1C(O)OC(CO)C(OC2OC(CO)C(O)C(OC3OC(CO)C(OC4OC(CO)C(O)C(OC5OC(CO)C(OC6OC(CO)C(O)C(O)C6O)C(OC6OC(C)C(O)C(O)C6O)C5NC(C)=O)C4O)C(OC4OC(C)C(O)C(O)C4O)C3NC(C)=O)C2O)C1OC1OC(C)C(O)C(O)C1O. The van der Waals surface area contributed by atoms with Gasteiger partial charge in [0.2, 0.25) is 17.7 Å². The van der Waals surface area contributed by atoms with Crippen LogP contribution >= 0.6 is 0 Å². The number of aliphatic hydroxyl groups excluding tert-OH is 23. The van der Waals surface area contributed by atoms with Crippen molar-refractivity contribution in [3.8, 4) is 0 Å². The summed E-state index contributed by atoms with van der Waals surface area (Å²) in [6.07, 6.45) is -83.7. The van der Waals surface area contributed by atoms with Crippen LogP contribution in [0.25, 0.3) is 0 Å². The summed E-state index contributed by atoms with van der Waals surface area (Å²) in [7, 11) is 0. The lowest BCUT2D eigenvalue weighted by molar-refractivity contribution is -0.400. The van der Waals surface area contributed by atoms with E-state index in [2.05, 4.69) is 16.0 Å². The van der Waals surface area contributed by atoms with E-state index in [0.717, 1.165) is 20.8 Å². The second kappa shape index (κ2) is 37.2. The summed E-state index contributed by atoms with van der Waals surface area (Å²) in [6, 6.07) is -5.72. The molecule has 3 amide bonds. The lowest BCUT2D eigenvalue weighted by atomic mass is 9.93. The first kappa shape index (κ1) is 86.8. The van der Waals surface area contributed by atoms with Gasteiger partial charge in [-0.05, 0) is 20.8 Å². The Labute approximate surface area is 602 Å². The Balaban J connectivity index is 1.05. The number of hydrogen-bond donors (Lipinski definition) is 26. The Hall–Kier alpha value is -3.19. The molecule has 0 aliphatic carbocycles. The van der Waals surface area contributed by atoms with Crippen LogP contribution < -0.4 is 16.0 Å². The second-order valence-electron chi connectivity index (χ2n) is 27.3. The van der Waals surface area contributed by atoms with E-state index < -0.39 is 334 Å². The second-order valence-corrected chi connectivity index (χ2v) is 27.3. The fraction of sp³-hybridized carbons (Fsp3) is 0.950. The summed E-state index contributed by atoms with van der Waals surface area (Å²) in [5.74, 6) is -2.80. The van der Waals surface area contributed by atoms with Crippen LogP contribution in [-0.2, 0) is 94.9 Å². The van der Waals surface area contributed by atoms with Crippen molar-refractivity contribution < 1.29 is 212 Å². The van der Waals surface area contributed by atoms with Crippen LogP contribution in [0.5, 0.6) is 0 Å². The summed E-state index contributed by atoms with van der Waals surface area (Å²) in [6.45, 7) is -0.0902. The maximum absolute atomic E-state index is 13.6. The van der Waals surface area contributed by atoms with Gasteiger partial charge in [-0.1, -0.05) is 0 Å². The van der Waals surface area contributed by atoms with Gasteiger partial charge in [-0.15, -0.1) is 0 Å². The normalized spacial score (nSPS) is 51.1. The fourth-order valence-corrected chi connectivity index (χ4v) is 14.0. The van der Waals surface area contributed by atoms with Gasteiger partial charge in [0.1, 0.15) is 201 Å². The number of hydrogen-bond acceptors (Lipinski definition) is 43. The maximum atomic E-state index is 13.6. The first-order chi connectivity index (χ1) is 50.0. The molecule has 614 valence electrons. The number of carbonyl (C=O) groups excluding carboxylic acids is 3. The van der Waals surface area contributed by atoms with Crippen LogP contribution in [0.2, 0.25) is 0 Å². The van der Waals surface area contributed by atoms with Crippen LogP contribution in [0.15, 0.2) is 0 Å². The summed E-state index contributed by atoms with van der Waals surface area (Å²) in [5, 5.41) is 262. The molecule has 45 atom stereocenters. The van der Waals surface area contributed by atoms with Crippen molar-refractivity contribution in [2.45, 2.75) is 318 Å². The van der Waals surface area contributed by atoms with Gasteiger partial charge in [0.15, 0.2) is 56.6 Å². The minimum atomic E-state index is -2.47. The van der Waals surface area contributed by atoms with E-state index in [1.54, 1.807) is 0 Å². The van der Waals surface area contributed by atoms with E-state index >= 15 is 0 Å². The zero-order valence-electron chi connectivity index (χ0n) is 57.7. The largest absolute Gasteiger partial charge is 0.394 e. The Kier molecular flexibility index (Phi) is 30.4. The van der Waals surface area contributed by atoms with Crippen LogP contribution in [0.4, 0.5) is 0 Å². The average Bonchev–Trinajstić information content (AvgIpc) is 0.760. The number of carbonyl (C=O) groups is 3. The van der Waals surface area contributed by atoms with Crippen molar-refractivity contribution in [3.63, 3.8) is 0 Å². The zero-order chi connectivity index (χ0) is 78.1. The van der Waals surface area contributed by atoms with Crippen LogP contribution in [0.1, 0.15) is 41.5 Å². The molecule has 0 spiro atoms. The van der Waals surface area contributed by atoms with Crippen LogP contribution in [-0.4, -0.2) is 451 Å². The average molecular weight is 1550 g/mol. The molecule has 9 heterocycles. The monoisotopic (exact) mass is 1550 g/mol. The van der Waals surface area contributed by atoms with E-state index in [0.29, 0.717) is 0 Å². The number of nitrogens with one attached hydrogen (secondary N) is 3. The summed E-state index contributed by atoms with van der Waals surface area (Å²) < 4.78 is 102. The van der Waals surface area contributed by atoms with Crippen LogP contribution in [0.3, 0.4) is 0 Å². The molecule has 0 bridgehead atoms. The Bertz CT molecular complexity index is 2790. The van der Waals surface area contributed by atoms with Gasteiger partial charge in [0.05, 0.1) is 58.0 Å². The van der Waals surface area contributed by atoms with Crippen molar-refractivity contribution >= 4 is 17.7 Å². The topological polar surface area (TPSA) is 710 Å². The van der Waals surface area contributed by atoms with E-state index in [-0.39, 0.29) is 0 Å². The molecule has 46 nitrogen and oxygen atoms in total. The van der Waals surface area contributed by atoms with Gasteiger partial charge in [-0.3, -0.25) is 14.4 Å². The molecule has 9 aliphatic rings. The molecule has 45 unspecified atom stereocenters. The molecule has 0 radical (unpaired) electrons. The molecular weight excluding hydrogens is 1450 g/mol. The van der Waals surface area contributed by atoms with Crippen molar-refractivity contribution in [3.05, 3.63) is 0 Å². The summed E-state index contributed by atoms with van der Waals surface area (Å²) in [4.78, 5) is 39.5. The van der Waals surface area contributed by atoms with Gasteiger partial charge in [-0.25, -0.2) is 0 Å². The third-order valence-corrected chi connectivity index (χ3v) is 19.9. The van der Waals surface area contributed by atoms with Crippen molar-refractivity contribution in [1.82, 2.24) is 16.0 Å². The predicted molar refractivity (Wildman–Crippen MR) is 328 cm³/mol.